The van der Waals surface area contributed by atoms with Gasteiger partial charge in [0.1, 0.15) is 5.01 Å². The Balaban J connectivity index is 2.22. The molecule has 1 fully saturated rings. The topological polar surface area (TPSA) is 34.1 Å². The standard InChI is InChI=1S/C14H24N2OS2/c1-11-7-19-12(16-11)14(15-5-6-17-4)8-13(2,3)9-18-10-14/h7,15H,5-6,8-10H2,1-4H3. The third-order valence-corrected chi connectivity index (χ3v) is 6.27. The number of aryl methyl sites for hydroxylation is 1. The van der Waals surface area contributed by atoms with Crippen LogP contribution in [-0.4, -0.2) is 36.8 Å². The number of nitrogens with one attached hydrogen (secondary N) is 1. The van der Waals surface area contributed by atoms with E-state index in [2.05, 4.69) is 31.5 Å². The first kappa shape index (κ1) is 15.3. The predicted molar refractivity (Wildman–Crippen MR) is 84.1 cm³/mol. The highest BCUT2D eigenvalue weighted by Gasteiger charge is 2.43. The van der Waals surface area contributed by atoms with Gasteiger partial charge in [-0.3, -0.25) is 0 Å². The lowest BCUT2D eigenvalue weighted by Crippen LogP contribution is -2.51. The van der Waals surface area contributed by atoms with Crippen molar-refractivity contribution in [1.29, 1.82) is 0 Å². The lowest BCUT2D eigenvalue weighted by atomic mass is 9.80. The lowest BCUT2D eigenvalue weighted by molar-refractivity contribution is 0.168. The first-order valence-electron chi connectivity index (χ1n) is 6.72. The van der Waals surface area contributed by atoms with Gasteiger partial charge in [-0.15, -0.1) is 11.3 Å². The molecular formula is C14H24N2OS2. The number of aromatic nitrogens is 1. The molecule has 1 aromatic rings. The van der Waals surface area contributed by atoms with Crippen LogP contribution in [0, 0.1) is 12.3 Å². The van der Waals surface area contributed by atoms with Crippen LogP contribution in [0.15, 0.2) is 5.38 Å². The van der Waals surface area contributed by atoms with Crippen molar-refractivity contribution in [1.82, 2.24) is 10.3 Å². The van der Waals surface area contributed by atoms with Gasteiger partial charge in [0.05, 0.1) is 12.1 Å². The van der Waals surface area contributed by atoms with E-state index in [0.717, 1.165) is 31.0 Å². The summed E-state index contributed by atoms with van der Waals surface area (Å²) in [5.41, 5.74) is 1.49. The molecule has 19 heavy (non-hydrogen) atoms. The van der Waals surface area contributed by atoms with Gasteiger partial charge in [-0.05, 0) is 24.5 Å². The minimum Gasteiger partial charge on any atom is -0.383 e. The monoisotopic (exact) mass is 300 g/mol. The van der Waals surface area contributed by atoms with Crippen molar-refractivity contribution in [2.45, 2.75) is 32.7 Å². The third-order valence-electron chi connectivity index (χ3n) is 3.42. The highest BCUT2D eigenvalue weighted by Crippen LogP contribution is 2.45. The zero-order chi connectivity index (χ0) is 13.9. The number of thioether (sulfide) groups is 1. The van der Waals surface area contributed by atoms with Crippen molar-refractivity contribution in [3.8, 4) is 0 Å². The molecule has 1 aromatic heterocycles. The number of hydrogen-bond acceptors (Lipinski definition) is 5. The summed E-state index contributed by atoms with van der Waals surface area (Å²) in [5.74, 6) is 2.33. The van der Waals surface area contributed by atoms with Gasteiger partial charge < -0.3 is 10.1 Å². The Morgan fingerprint density at radius 2 is 2.21 bits per heavy atom. The number of ether oxygens (including phenoxy) is 1. The van der Waals surface area contributed by atoms with Gasteiger partial charge in [0.2, 0.25) is 0 Å². The lowest BCUT2D eigenvalue weighted by Gasteiger charge is -2.44. The Labute approximate surface area is 124 Å². The minimum absolute atomic E-state index is 0.0177. The third kappa shape index (κ3) is 3.72. The summed E-state index contributed by atoms with van der Waals surface area (Å²) in [6.45, 7) is 8.41. The molecule has 2 heterocycles. The summed E-state index contributed by atoms with van der Waals surface area (Å²) in [6.07, 6.45) is 1.14. The zero-order valence-electron chi connectivity index (χ0n) is 12.3. The Morgan fingerprint density at radius 1 is 1.42 bits per heavy atom. The van der Waals surface area contributed by atoms with Gasteiger partial charge >= 0.3 is 0 Å². The molecular weight excluding hydrogens is 276 g/mol. The van der Waals surface area contributed by atoms with Crippen LogP contribution >= 0.6 is 23.1 Å². The fourth-order valence-electron chi connectivity index (χ4n) is 2.71. The Kier molecular flexibility index (Phi) is 4.93. The van der Waals surface area contributed by atoms with E-state index in [0.29, 0.717) is 5.41 Å². The first-order valence-corrected chi connectivity index (χ1v) is 8.75. The van der Waals surface area contributed by atoms with Crippen LogP contribution in [0.3, 0.4) is 0 Å². The Hall–Kier alpha value is -0.100. The summed E-state index contributed by atoms with van der Waals surface area (Å²) in [7, 11) is 1.75. The van der Waals surface area contributed by atoms with Gasteiger partial charge in [0.15, 0.2) is 0 Å². The van der Waals surface area contributed by atoms with Crippen molar-refractivity contribution in [3.63, 3.8) is 0 Å². The quantitative estimate of drug-likeness (QED) is 0.848. The highest BCUT2D eigenvalue weighted by molar-refractivity contribution is 7.99. The van der Waals surface area contributed by atoms with Crippen LogP contribution in [0.2, 0.25) is 0 Å². The van der Waals surface area contributed by atoms with Gasteiger partial charge in [0, 0.05) is 30.5 Å². The number of hydrogen-bond donors (Lipinski definition) is 1. The fourth-order valence-corrected chi connectivity index (χ4v) is 5.22. The molecule has 1 saturated heterocycles. The van der Waals surface area contributed by atoms with E-state index >= 15 is 0 Å². The van der Waals surface area contributed by atoms with E-state index in [1.54, 1.807) is 18.4 Å². The average molecular weight is 300 g/mol. The van der Waals surface area contributed by atoms with E-state index in [1.807, 2.05) is 11.8 Å². The minimum atomic E-state index is 0.0177. The molecule has 1 N–H and O–H groups in total. The maximum absolute atomic E-state index is 5.18. The Morgan fingerprint density at radius 3 is 2.79 bits per heavy atom. The molecule has 0 saturated carbocycles. The molecule has 0 radical (unpaired) electrons. The maximum Gasteiger partial charge on any atom is 0.114 e. The Bertz CT molecular complexity index is 419. The molecule has 0 amide bonds. The van der Waals surface area contributed by atoms with Gasteiger partial charge in [-0.1, -0.05) is 13.8 Å². The number of rotatable bonds is 5. The molecule has 1 aliphatic rings. The molecule has 0 spiro atoms. The molecule has 5 heteroatoms. The second-order valence-corrected chi connectivity index (χ2v) is 7.97. The van der Waals surface area contributed by atoms with E-state index < -0.39 is 0 Å². The van der Waals surface area contributed by atoms with Crippen molar-refractivity contribution in [3.05, 3.63) is 16.1 Å². The van der Waals surface area contributed by atoms with E-state index in [-0.39, 0.29) is 5.54 Å². The molecule has 1 aliphatic heterocycles. The molecule has 2 rings (SSSR count). The molecule has 1 atom stereocenters. The second-order valence-electron chi connectivity index (χ2n) is 6.13. The van der Waals surface area contributed by atoms with Crippen molar-refractivity contribution < 1.29 is 4.74 Å². The van der Waals surface area contributed by atoms with Gasteiger partial charge in [-0.25, -0.2) is 4.98 Å². The van der Waals surface area contributed by atoms with Crippen LogP contribution in [-0.2, 0) is 10.3 Å². The second kappa shape index (κ2) is 6.12. The number of methoxy groups -OCH3 is 1. The van der Waals surface area contributed by atoms with Crippen LogP contribution in [0.4, 0.5) is 0 Å². The SMILES string of the molecule is COCCNC1(c2nc(C)cs2)CSCC(C)(C)C1. The zero-order valence-corrected chi connectivity index (χ0v) is 13.9. The molecule has 3 nitrogen and oxygen atoms in total. The van der Waals surface area contributed by atoms with E-state index in [4.69, 9.17) is 9.72 Å². The summed E-state index contributed by atoms with van der Waals surface area (Å²) < 4.78 is 5.18. The van der Waals surface area contributed by atoms with E-state index in [1.165, 1.54) is 10.8 Å². The summed E-state index contributed by atoms with van der Waals surface area (Å²) in [5, 5.41) is 7.11. The van der Waals surface area contributed by atoms with Gasteiger partial charge in [0.25, 0.3) is 0 Å². The fraction of sp³-hybridized carbons (Fsp3) is 0.786. The van der Waals surface area contributed by atoms with Crippen molar-refractivity contribution in [2.24, 2.45) is 5.41 Å². The molecule has 108 valence electrons. The molecule has 0 bridgehead atoms. The molecule has 1 unspecified atom stereocenters. The van der Waals surface area contributed by atoms with Gasteiger partial charge in [-0.2, -0.15) is 11.8 Å². The van der Waals surface area contributed by atoms with Crippen LogP contribution in [0.5, 0.6) is 0 Å². The average Bonchev–Trinajstić information content (AvgIpc) is 2.75. The molecule has 0 aliphatic carbocycles. The number of thiazole rings is 1. The molecule has 0 aromatic carbocycles. The van der Waals surface area contributed by atoms with Crippen LogP contribution < -0.4 is 5.32 Å². The summed E-state index contributed by atoms with van der Waals surface area (Å²) in [4.78, 5) is 4.75. The summed E-state index contributed by atoms with van der Waals surface area (Å²) >= 11 is 3.82. The van der Waals surface area contributed by atoms with Crippen LogP contribution in [0.25, 0.3) is 0 Å². The maximum atomic E-state index is 5.18. The van der Waals surface area contributed by atoms with E-state index in [9.17, 15) is 0 Å². The predicted octanol–water partition coefficient (Wildman–Crippen LogP) is 3.05. The number of nitrogens with zero attached hydrogens (tertiary/aromatic N) is 1. The normalized spacial score (nSPS) is 26.5. The first-order chi connectivity index (χ1) is 8.97. The smallest absolute Gasteiger partial charge is 0.114 e. The summed E-state index contributed by atoms with van der Waals surface area (Å²) in [6, 6.07) is 0. The van der Waals surface area contributed by atoms with Crippen LogP contribution in [0.1, 0.15) is 31.0 Å². The highest BCUT2D eigenvalue weighted by atomic mass is 32.2. The van der Waals surface area contributed by atoms with Crippen molar-refractivity contribution in [2.75, 3.05) is 31.8 Å². The largest absolute Gasteiger partial charge is 0.383 e. The van der Waals surface area contributed by atoms with Crippen molar-refractivity contribution >= 4 is 23.1 Å².